The Hall–Kier alpha value is -3.19. The predicted molar refractivity (Wildman–Crippen MR) is 119 cm³/mol. The number of aromatic nitrogens is 2. The number of carbonyl (C=O) groups is 1. The second kappa shape index (κ2) is 10.8. The number of benzene rings is 1. The number of ether oxygens (including phenoxy) is 2. The zero-order chi connectivity index (χ0) is 26.7. The Labute approximate surface area is 202 Å². The summed E-state index contributed by atoms with van der Waals surface area (Å²) in [5.74, 6) is -1.01. The predicted octanol–water partition coefficient (Wildman–Crippen LogP) is 2.67. The van der Waals surface area contributed by atoms with Crippen molar-refractivity contribution >= 4 is 13.7 Å². The Morgan fingerprint density at radius 1 is 1.25 bits per heavy atom. The molecule has 0 aliphatic carbocycles. The van der Waals surface area contributed by atoms with Gasteiger partial charge >= 0.3 is 25.6 Å². The number of hydrogen-bond donors (Lipinski definition) is 2. The number of nitrogens with zero attached hydrogens (tertiary/aromatic N) is 1. The third kappa shape index (κ3) is 6.72. The van der Waals surface area contributed by atoms with E-state index in [2.05, 4.69) is 14.8 Å². The van der Waals surface area contributed by atoms with Crippen LogP contribution in [0.1, 0.15) is 24.3 Å². The summed E-state index contributed by atoms with van der Waals surface area (Å²) in [5.41, 5.74) is -1.90. The monoisotopic (exact) mass is 533 g/mol. The van der Waals surface area contributed by atoms with Gasteiger partial charge in [-0.25, -0.2) is 9.36 Å². The number of methoxy groups -OCH3 is 1. The van der Waals surface area contributed by atoms with Crippen molar-refractivity contribution in [3.05, 3.63) is 74.6 Å². The molecule has 2 N–H and O–H groups in total. The average Bonchev–Trinajstić information content (AvgIpc) is 3.28. The lowest BCUT2D eigenvalue weighted by Gasteiger charge is -2.24. The van der Waals surface area contributed by atoms with E-state index in [-0.39, 0.29) is 17.9 Å². The molecule has 15 heteroatoms. The number of aryl methyl sites for hydroxylation is 1. The average molecular weight is 533 g/mol. The van der Waals surface area contributed by atoms with Crippen LogP contribution in [0.4, 0.5) is 13.2 Å². The fraction of sp³-hybridized carbons (Fsp3) is 0.381. The molecule has 36 heavy (non-hydrogen) atoms. The van der Waals surface area contributed by atoms with Crippen LogP contribution in [0.15, 0.2) is 52.2 Å². The first-order chi connectivity index (χ1) is 16.8. The molecule has 1 aromatic heterocycles. The Morgan fingerprint density at radius 2 is 1.92 bits per heavy atom. The van der Waals surface area contributed by atoms with Crippen LogP contribution >= 0.6 is 7.75 Å². The Kier molecular flexibility index (Phi) is 8.24. The maximum absolute atomic E-state index is 13.4. The van der Waals surface area contributed by atoms with Crippen molar-refractivity contribution in [2.45, 2.75) is 38.4 Å². The van der Waals surface area contributed by atoms with Crippen LogP contribution in [0.2, 0.25) is 0 Å². The Bertz CT molecular complexity index is 1290. The lowest BCUT2D eigenvalue weighted by atomic mass is 10.2. The number of H-pyrrole nitrogens is 1. The van der Waals surface area contributed by atoms with Crippen molar-refractivity contribution in [3.8, 4) is 5.75 Å². The summed E-state index contributed by atoms with van der Waals surface area (Å²) in [4.78, 5) is 37.6. The summed E-state index contributed by atoms with van der Waals surface area (Å²) in [6.45, 7) is 2.45. The van der Waals surface area contributed by atoms with Gasteiger partial charge in [-0.1, -0.05) is 6.08 Å². The molecule has 1 aromatic carbocycles. The molecule has 1 aliphatic heterocycles. The highest BCUT2D eigenvalue weighted by Gasteiger charge is 2.35. The Balaban J connectivity index is 1.73. The van der Waals surface area contributed by atoms with Gasteiger partial charge in [-0.3, -0.25) is 23.7 Å². The minimum Gasteiger partial charge on any atom is -0.468 e. The highest BCUT2D eigenvalue weighted by atomic mass is 31.2. The molecule has 0 fully saturated rings. The number of hydrogen-bond acceptors (Lipinski definition) is 8. The van der Waals surface area contributed by atoms with Gasteiger partial charge in [0.25, 0.3) is 5.56 Å². The van der Waals surface area contributed by atoms with Gasteiger partial charge in [0.15, 0.2) is 6.23 Å². The van der Waals surface area contributed by atoms with Crippen LogP contribution in [0.5, 0.6) is 5.75 Å². The largest absolute Gasteiger partial charge is 0.468 e. The van der Waals surface area contributed by atoms with E-state index < -0.39 is 55.1 Å². The SMILES string of the molecule is COC(=O)[C@H](C)NP(=O)(OC[C@@H]1C=C[C@H](n2cc(C)c(=O)[nH]c2=O)O1)Oc1ccc(C(F)(F)F)cc1. The maximum atomic E-state index is 13.4. The van der Waals surface area contributed by atoms with Crippen LogP contribution in [0.3, 0.4) is 0 Å². The second-order valence-electron chi connectivity index (χ2n) is 7.71. The number of esters is 1. The fourth-order valence-corrected chi connectivity index (χ4v) is 4.59. The lowest BCUT2D eigenvalue weighted by molar-refractivity contribution is -0.142. The molecule has 0 saturated heterocycles. The smallest absolute Gasteiger partial charge is 0.459 e. The molecule has 3 rings (SSSR count). The molecule has 196 valence electrons. The van der Waals surface area contributed by atoms with Crippen molar-refractivity contribution < 1.29 is 41.1 Å². The molecule has 1 aliphatic rings. The number of nitrogens with one attached hydrogen (secondary N) is 2. The van der Waals surface area contributed by atoms with Gasteiger partial charge < -0.3 is 14.0 Å². The third-order valence-electron chi connectivity index (χ3n) is 4.95. The summed E-state index contributed by atoms with van der Waals surface area (Å²) in [7, 11) is -3.24. The normalized spacial score (nSPS) is 20.1. The van der Waals surface area contributed by atoms with Gasteiger partial charge in [-0.2, -0.15) is 18.3 Å². The van der Waals surface area contributed by atoms with Gasteiger partial charge in [-0.05, 0) is 44.2 Å². The minimum atomic E-state index is -4.58. The van der Waals surface area contributed by atoms with Crippen molar-refractivity contribution in [1.82, 2.24) is 14.6 Å². The molecule has 1 unspecified atom stereocenters. The first kappa shape index (κ1) is 27.4. The van der Waals surface area contributed by atoms with Gasteiger partial charge in [0.05, 0.1) is 19.3 Å². The molecular weight excluding hydrogens is 510 g/mol. The highest BCUT2D eigenvalue weighted by molar-refractivity contribution is 7.52. The molecule has 11 nitrogen and oxygen atoms in total. The van der Waals surface area contributed by atoms with Crippen LogP contribution < -0.4 is 20.9 Å². The first-order valence-corrected chi connectivity index (χ1v) is 12.0. The van der Waals surface area contributed by atoms with E-state index in [0.717, 1.165) is 35.9 Å². The van der Waals surface area contributed by atoms with E-state index in [4.69, 9.17) is 13.8 Å². The van der Waals surface area contributed by atoms with E-state index in [1.807, 2.05) is 0 Å². The van der Waals surface area contributed by atoms with Crippen LogP contribution in [0.25, 0.3) is 0 Å². The molecule has 4 atom stereocenters. The third-order valence-corrected chi connectivity index (χ3v) is 6.59. The summed E-state index contributed by atoms with van der Waals surface area (Å²) >= 11 is 0. The first-order valence-electron chi connectivity index (χ1n) is 10.4. The van der Waals surface area contributed by atoms with Crippen LogP contribution in [-0.2, 0) is 29.5 Å². The van der Waals surface area contributed by atoms with Crippen molar-refractivity contribution in [2.75, 3.05) is 13.7 Å². The maximum Gasteiger partial charge on any atom is 0.459 e. The van der Waals surface area contributed by atoms with Crippen molar-refractivity contribution in [3.63, 3.8) is 0 Å². The number of carbonyl (C=O) groups excluding carboxylic acids is 1. The molecule has 0 bridgehead atoms. The summed E-state index contributed by atoms with van der Waals surface area (Å²) < 4.78 is 74.0. The van der Waals surface area contributed by atoms with Crippen LogP contribution in [0, 0.1) is 6.92 Å². The van der Waals surface area contributed by atoms with E-state index in [1.165, 1.54) is 32.2 Å². The molecule has 0 saturated carbocycles. The van der Waals surface area contributed by atoms with E-state index in [1.54, 1.807) is 0 Å². The topological polar surface area (TPSA) is 138 Å². The number of halogens is 3. The van der Waals surface area contributed by atoms with Crippen molar-refractivity contribution in [1.29, 1.82) is 0 Å². The molecule has 2 aromatic rings. The van der Waals surface area contributed by atoms with Gasteiger partial charge in [0.1, 0.15) is 17.9 Å². The minimum absolute atomic E-state index is 0.216. The fourth-order valence-electron chi connectivity index (χ4n) is 3.09. The van der Waals surface area contributed by atoms with E-state index >= 15 is 0 Å². The quantitative estimate of drug-likeness (QED) is 0.283. The Morgan fingerprint density at radius 3 is 2.53 bits per heavy atom. The zero-order valence-electron chi connectivity index (χ0n) is 19.3. The molecule has 0 amide bonds. The van der Waals surface area contributed by atoms with E-state index in [9.17, 15) is 32.1 Å². The zero-order valence-corrected chi connectivity index (χ0v) is 20.2. The summed E-state index contributed by atoms with van der Waals surface area (Å²) in [6, 6.07) is 2.22. The number of rotatable bonds is 9. The molecule has 0 spiro atoms. The molecule has 2 heterocycles. The van der Waals surface area contributed by atoms with Gasteiger partial charge in [0.2, 0.25) is 0 Å². The highest BCUT2D eigenvalue weighted by Crippen LogP contribution is 2.46. The van der Waals surface area contributed by atoms with Crippen molar-refractivity contribution in [2.24, 2.45) is 0 Å². The second-order valence-corrected chi connectivity index (χ2v) is 9.40. The molecular formula is C21H23F3N3O8P. The van der Waals surface area contributed by atoms with Gasteiger partial charge in [-0.15, -0.1) is 0 Å². The summed E-state index contributed by atoms with van der Waals surface area (Å²) in [5, 5.41) is 2.37. The summed E-state index contributed by atoms with van der Waals surface area (Å²) in [6.07, 6.45) is -1.95. The number of aromatic amines is 1. The molecule has 0 radical (unpaired) electrons. The standard InChI is InChI=1S/C21H23F3N3O8P/c1-12-10-27(20(30)25-18(12)28)17-9-8-16(34-17)11-33-36(31,26-13(2)19(29)32-3)35-15-6-4-14(5-7-15)21(22,23)24/h4-10,13,16-17H,11H2,1-3H3,(H,26,31)(H,25,28,30)/t13-,16-,17+,36?/m0/s1. The number of alkyl halides is 3. The van der Waals surface area contributed by atoms with Gasteiger partial charge in [0, 0.05) is 11.8 Å². The van der Waals surface area contributed by atoms with E-state index in [0.29, 0.717) is 0 Å². The lowest BCUT2D eigenvalue weighted by Crippen LogP contribution is -2.35. The van der Waals surface area contributed by atoms with Crippen LogP contribution in [-0.4, -0.2) is 41.4 Å².